The molecular formula is C15H9F4S+. The van der Waals surface area contributed by atoms with Gasteiger partial charge in [-0.05, 0) is 30.3 Å². The molecular weight excluding hydrogens is 288 g/mol. The van der Waals surface area contributed by atoms with Gasteiger partial charge in [-0.3, -0.25) is 0 Å². The molecule has 20 heavy (non-hydrogen) atoms. The van der Waals surface area contributed by atoms with Crippen molar-refractivity contribution in [2.75, 3.05) is 0 Å². The average molecular weight is 297 g/mol. The van der Waals surface area contributed by atoms with Gasteiger partial charge in [0.1, 0.15) is 16.3 Å². The topological polar surface area (TPSA) is 0 Å². The van der Waals surface area contributed by atoms with Gasteiger partial charge < -0.3 is 0 Å². The van der Waals surface area contributed by atoms with Crippen LogP contribution in [0.2, 0.25) is 0 Å². The van der Waals surface area contributed by atoms with Crippen molar-refractivity contribution < 1.29 is 17.6 Å². The molecule has 2 aromatic carbocycles. The third-order valence-corrected chi connectivity index (χ3v) is 5.05. The summed E-state index contributed by atoms with van der Waals surface area (Å²) in [7, 11) is -2.02. The highest BCUT2D eigenvalue weighted by atomic mass is 32.2. The van der Waals surface area contributed by atoms with Crippen molar-refractivity contribution in [1.29, 1.82) is 0 Å². The Morgan fingerprint density at radius 3 is 2.30 bits per heavy atom. The molecule has 1 atom stereocenters. The van der Waals surface area contributed by atoms with E-state index in [9.17, 15) is 17.6 Å². The lowest BCUT2D eigenvalue weighted by Gasteiger charge is -2.00. The van der Waals surface area contributed by atoms with Crippen molar-refractivity contribution in [1.82, 2.24) is 0 Å². The van der Waals surface area contributed by atoms with Gasteiger partial charge >= 0.3 is 5.51 Å². The molecule has 0 nitrogen and oxygen atoms in total. The van der Waals surface area contributed by atoms with E-state index in [0.717, 1.165) is 6.07 Å². The van der Waals surface area contributed by atoms with Crippen LogP contribution in [0.1, 0.15) is 0 Å². The van der Waals surface area contributed by atoms with Gasteiger partial charge in [-0.15, -0.1) is 13.2 Å². The Bertz CT molecular complexity index is 771. The third-order valence-electron chi connectivity index (χ3n) is 2.99. The Hall–Kier alpha value is -1.88. The zero-order valence-electron chi connectivity index (χ0n) is 10.1. The van der Waals surface area contributed by atoms with E-state index in [1.54, 1.807) is 18.2 Å². The largest absolute Gasteiger partial charge is 0.601 e. The van der Waals surface area contributed by atoms with Crippen molar-refractivity contribution in [3.05, 3.63) is 60.4 Å². The van der Waals surface area contributed by atoms with Crippen molar-refractivity contribution in [3.63, 3.8) is 0 Å². The van der Waals surface area contributed by atoms with E-state index in [-0.39, 0.29) is 15.1 Å². The SMILES string of the molecule is Fc1cccc(-c2cc3ccccc3[s+]2C(F)(F)F)c1. The van der Waals surface area contributed by atoms with E-state index in [2.05, 4.69) is 0 Å². The van der Waals surface area contributed by atoms with Crippen molar-refractivity contribution in [2.24, 2.45) is 0 Å². The molecule has 3 aromatic rings. The normalized spacial score (nSPS) is 12.9. The van der Waals surface area contributed by atoms with Crippen LogP contribution in [0.3, 0.4) is 0 Å². The number of alkyl halides is 3. The summed E-state index contributed by atoms with van der Waals surface area (Å²) in [4.78, 5) is 0.123. The second kappa shape index (κ2) is 4.59. The lowest BCUT2D eigenvalue weighted by atomic mass is 10.1. The van der Waals surface area contributed by atoms with Gasteiger partial charge in [-0.25, -0.2) is 4.39 Å². The van der Waals surface area contributed by atoms with E-state index in [1.807, 2.05) is 0 Å². The third kappa shape index (κ3) is 2.18. The molecule has 0 N–H and O–H groups in total. The minimum Gasteiger partial charge on any atom is -0.207 e. The predicted molar refractivity (Wildman–Crippen MR) is 73.1 cm³/mol. The first kappa shape index (κ1) is 13.1. The van der Waals surface area contributed by atoms with E-state index in [1.165, 1.54) is 30.3 Å². The summed E-state index contributed by atoms with van der Waals surface area (Å²) in [5.74, 6) is -0.537. The molecule has 0 saturated carbocycles. The molecule has 3 rings (SSSR count). The van der Waals surface area contributed by atoms with Crippen LogP contribution in [0.4, 0.5) is 17.6 Å². The average Bonchev–Trinajstić information content (AvgIpc) is 2.77. The van der Waals surface area contributed by atoms with Crippen molar-refractivity contribution >= 4 is 20.6 Å². The number of fused-ring (bicyclic) bond motifs is 1. The highest BCUT2D eigenvalue weighted by Crippen LogP contribution is 2.54. The summed E-state index contributed by atoms with van der Waals surface area (Å²) in [6.07, 6.45) is 0. The Labute approximate surface area is 115 Å². The summed E-state index contributed by atoms with van der Waals surface area (Å²) in [5.41, 5.74) is -4.09. The summed E-state index contributed by atoms with van der Waals surface area (Å²) >= 11 is 0. The number of benzene rings is 2. The fourth-order valence-electron chi connectivity index (χ4n) is 2.20. The smallest absolute Gasteiger partial charge is 0.207 e. The highest BCUT2D eigenvalue weighted by Gasteiger charge is 2.48. The monoisotopic (exact) mass is 297 g/mol. The standard InChI is InChI=1S/C15H9F4S/c16-12-6-3-5-10(8-12)14-9-11-4-1-2-7-13(11)20(14)15(17,18)19/h1-9H/q+1. The molecule has 102 valence electrons. The maximum atomic E-state index is 13.4. The summed E-state index contributed by atoms with van der Waals surface area (Å²) in [6, 6.07) is 13.2. The van der Waals surface area contributed by atoms with E-state index in [0.29, 0.717) is 5.39 Å². The Morgan fingerprint density at radius 1 is 0.850 bits per heavy atom. The molecule has 0 amide bonds. The minimum absolute atomic E-state index is 0.123. The number of hydrogen-bond donors (Lipinski definition) is 0. The molecule has 0 fully saturated rings. The number of hydrogen-bond acceptors (Lipinski definition) is 0. The second-order valence-electron chi connectivity index (χ2n) is 4.31. The molecule has 0 bridgehead atoms. The van der Waals surface area contributed by atoms with Crippen LogP contribution >= 0.6 is 10.5 Å². The van der Waals surface area contributed by atoms with Crippen LogP contribution in [0, 0.1) is 5.82 Å². The maximum Gasteiger partial charge on any atom is 0.601 e. The summed E-state index contributed by atoms with van der Waals surface area (Å²) in [6.45, 7) is 0. The van der Waals surface area contributed by atoms with Crippen LogP contribution in [0.25, 0.3) is 20.5 Å². The minimum atomic E-state index is -4.37. The zero-order chi connectivity index (χ0) is 14.3. The van der Waals surface area contributed by atoms with Crippen LogP contribution in [-0.4, -0.2) is 0 Å². The number of halogens is 4. The van der Waals surface area contributed by atoms with Crippen LogP contribution in [0.15, 0.2) is 54.6 Å². The molecule has 1 aromatic heterocycles. The Balaban J connectivity index is 2.35. The van der Waals surface area contributed by atoms with Crippen LogP contribution in [-0.2, 0) is 5.51 Å². The number of thiophene rings is 1. The summed E-state index contributed by atoms with van der Waals surface area (Å²) < 4.78 is 53.6. The lowest BCUT2D eigenvalue weighted by molar-refractivity contribution is -0.0864. The Morgan fingerprint density at radius 2 is 1.60 bits per heavy atom. The lowest BCUT2D eigenvalue weighted by Crippen LogP contribution is -1.96. The van der Waals surface area contributed by atoms with E-state index in [4.69, 9.17) is 0 Å². The van der Waals surface area contributed by atoms with E-state index >= 15 is 0 Å². The molecule has 1 unspecified atom stereocenters. The van der Waals surface area contributed by atoms with Gasteiger partial charge in [0, 0.05) is 17.0 Å². The van der Waals surface area contributed by atoms with Gasteiger partial charge in [0.05, 0.1) is 0 Å². The van der Waals surface area contributed by atoms with Gasteiger partial charge in [0.2, 0.25) is 0 Å². The van der Waals surface area contributed by atoms with Crippen LogP contribution < -0.4 is 0 Å². The first-order chi connectivity index (χ1) is 9.47. The molecule has 1 heterocycles. The van der Waals surface area contributed by atoms with Crippen LogP contribution in [0.5, 0.6) is 0 Å². The first-order valence-electron chi connectivity index (χ1n) is 5.84. The molecule has 0 aliphatic heterocycles. The zero-order valence-corrected chi connectivity index (χ0v) is 10.9. The number of rotatable bonds is 1. The predicted octanol–water partition coefficient (Wildman–Crippen LogP) is 5.87. The van der Waals surface area contributed by atoms with Gasteiger partial charge in [0.15, 0.2) is 9.58 Å². The molecule has 0 saturated heterocycles. The fraction of sp³-hybridized carbons (Fsp3) is 0.0667. The molecule has 0 radical (unpaired) electrons. The van der Waals surface area contributed by atoms with Crippen molar-refractivity contribution in [2.45, 2.75) is 5.51 Å². The Kier molecular flexibility index (Phi) is 3.01. The highest BCUT2D eigenvalue weighted by molar-refractivity contribution is 7.41. The molecule has 0 aliphatic rings. The van der Waals surface area contributed by atoms with Gasteiger partial charge in [0.25, 0.3) is 0 Å². The first-order valence-corrected chi connectivity index (χ1v) is 7.07. The van der Waals surface area contributed by atoms with Gasteiger partial charge in [-0.2, -0.15) is 0 Å². The fourth-order valence-corrected chi connectivity index (χ4v) is 4.12. The molecule has 0 aliphatic carbocycles. The quantitative estimate of drug-likeness (QED) is 0.389. The summed E-state index contributed by atoms with van der Waals surface area (Å²) in [5, 5.41) is 0.549. The second-order valence-corrected chi connectivity index (χ2v) is 6.26. The van der Waals surface area contributed by atoms with Crippen molar-refractivity contribution in [3.8, 4) is 10.4 Å². The van der Waals surface area contributed by atoms with E-state index < -0.39 is 21.8 Å². The molecule has 5 heteroatoms. The van der Waals surface area contributed by atoms with Gasteiger partial charge in [-0.1, -0.05) is 18.2 Å². The maximum absolute atomic E-state index is 13.4. The molecule has 0 spiro atoms.